The van der Waals surface area contributed by atoms with Gasteiger partial charge in [0.1, 0.15) is 6.10 Å². The zero-order valence-electron chi connectivity index (χ0n) is 12.1. The van der Waals surface area contributed by atoms with Gasteiger partial charge in [-0.3, -0.25) is 4.79 Å². The number of carbonyl (C=O) groups excluding carboxylic acids is 2. The number of allylic oxidation sites excluding steroid dienone is 1. The first-order valence-corrected chi connectivity index (χ1v) is 6.77. The molecule has 2 aliphatic rings. The fourth-order valence-electron chi connectivity index (χ4n) is 2.74. The van der Waals surface area contributed by atoms with Crippen LogP contribution in [0.15, 0.2) is 23.8 Å². The van der Waals surface area contributed by atoms with Crippen LogP contribution >= 0.6 is 0 Å². The predicted octanol–water partition coefficient (Wildman–Crippen LogP) is 1.47. The van der Waals surface area contributed by atoms with Gasteiger partial charge in [-0.05, 0) is 25.8 Å². The van der Waals surface area contributed by atoms with Crippen LogP contribution in [0.4, 0.5) is 0 Å². The number of ether oxygens (including phenoxy) is 2. The number of nitrogens with two attached hydrogens (primary N) is 1. The molecule has 2 rings (SSSR count). The standard InChI is InChI=1S/C15H21NO4/c1-8(2)14(18)20-15(4)7-11(16)10-6-5-9(3)12(17)13(10)19-15/h5,10-11,13H,1,6-7,16H2,2-4H3/t10-,11+,13-,15+/m1/s1. The Morgan fingerprint density at radius 2 is 2.25 bits per heavy atom. The monoisotopic (exact) mass is 279 g/mol. The molecule has 0 saturated carbocycles. The summed E-state index contributed by atoms with van der Waals surface area (Å²) in [7, 11) is 0. The van der Waals surface area contributed by atoms with Crippen LogP contribution in [0, 0.1) is 5.92 Å². The zero-order chi connectivity index (χ0) is 15.1. The van der Waals surface area contributed by atoms with Gasteiger partial charge in [-0.2, -0.15) is 0 Å². The van der Waals surface area contributed by atoms with Gasteiger partial charge in [-0.15, -0.1) is 0 Å². The van der Waals surface area contributed by atoms with Crippen molar-refractivity contribution in [1.29, 1.82) is 0 Å². The summed E-state index contributed by atoms with van der Waals surface area (Å²) in [6.07, 6.45) is 2.35. The van der Waals surface area contributed by atoms with E-state index in [4.69, 9.17) is 15.2 Å². The van der Waals surface area contributed by atoms with Crippen LogP contribution < -0.4 is 5.73 Å². The van der Waals surface area contributed by atoms with E-state index in [-0.39, 0.29) is 23.3 Å². The summed E-state index contributed by atoms with van der Waals surface area (Å²) in [6, 6.07) is -0.245. The van der Waals surface area contributed by atoms with Crippen LogP contribution in [-0.4, -0.2) is 29.7 Å². The number of esters is 1. The van der Waals surface area contributed by atoms with Crippen LogP contribution in [0.25, 0.3) is 0 Å². The summed E-state index contributed by atoms with van der Waals surface area (Å²) < 4.78 is 11.1. The molecule has 1 heterocycles. The molecule has 4 atom stereocenters. The van der Waals surface area contributed by atoms with Crippen LogP contribution in [0.5, 0.6) is 0 Å². The third kappa shape index (κ3) is 2.69. The summed E-state index contributed by atoms with van der Waals surface area (Å²) in [5.41, 5.74) is 7.11. The summed E-state index contributed by atoms with van der Waals surface area (Å²) in [5, 5.41) is 0. The molecular weight excluding hydrogens is 258 g/mol. The Balaban J connectivity index is 2.20. The average Bonchev–Trinajstić information content (AvgIpc) is 2.33. The van der Waals surface area contributed by atoms with Gasteiger partial charge < -0.3 is 15.2 Å². The molecule has 0 radical (unpaired) electrons. The molecule has 0 spiro atoms. The van der Waals surface area contributed by atoms with Crippen molar-refractivity contribution in [1.82, 2.24) is 0 Å². The van der Waals surface area contributed by atoms with Crippen molar-refractivity contribution >= 4 is 11.8 Å². The molecular formula is C15H21NO4. The molecule has 0 aromatic heterocycles. The van der Waals surface area contributed by atoms with E-state index in [1.807, 2.05) is 6.08 Å². The first-order chi connectivity index (χ1) is 9.23. The van der Waals surface area contributed by atoms with Gasteiger partial charge in [-0.1, -0.05) is 12.7 Å². The number of hydrogen-bond acceptors (Lipinski definition) is 5. The van der Waals surface area contributed by atoms with Gasteiger partial charge in [0.25, 0.3) is 0 Å². The van der Waals surface area contributed by atoms with Crippen LogP contribution in [0.1, 0.15) is 33.6 Å². The molecule has 0 amide bonds. The van der Waals surface area contributed by atoms with E-state index in [1.165, 1.54) is 0 Å². The van der Waals surface area contributed by atoms with Gasteiger partial charge in [-0.25, -0.2) is 4.79 Å². The normalized spacial score (nSPS) is 36.9. The first-order valence-electron chi connectivity index (χ1n) is 6.77. The smallest absolute Gasteiger partial charge is 0.335 e. The van der Waals surface area contributed by atoms with Crippen molar-refractivity contribution in [2.45, 2.75) is 51.5 Å². The highest BCUT2D eigenvalue weighted by molar-refractivity contribution is 5.99. The van der Waals surface area contributed by atoms with Crippen molar-refractivity contribution < 1.29 is 19.1 Å². The Labute approximate surface area is 118 Å². The van der Waals surface area contributed by atoms with Gasteiger partial charge in [0, 0.05) is 30.9 Å². The lowest BCUT2D eigenvalue weighted by molar-refractivity contribution is -0.266. The van der Waals surface area contributed by atoms with Crippen LogP contribution in [0.2, 0.25) is 0 Å². The molecule has 5 nitrogen and oxygen atoms in total. The van der Waals surface area contributed by atoms with E-state index in [1.54, 1.807) is 20.8 Å². The molecule has 0 bridgehead atoms. The molecule has 2 N–H and O–H groups in total. The van der Waals surface area contributed by atoms with Crippen molar-refractivity contribution in [3.8, 4) is 0 Å². The Morgan fingerprint density at radius 1 is 1.60 bits per heavy atom. The maximum atomic E-state index is 12.2. The predicted molar refractivity (Wildman–Crippen MR) is 73.6 cm³/mol. The van der Waals surface area contributed by atoms with Gasteiger partial charge >= 0.3 is 5.97 Å². The Morgan fingerprint density at radius 3 is 2.85 bits per heavy atom. The molecule has 20 heavy (non-hydrogen) atoms. The molecule has 5 heteroatoms. The lowest BCUT2D eigenvalue weighted by atomic mass is 9.77. The third-order valence-corrected chi connectivity index (χ3v) is 3.92. The SMILES string of the molecule is C=C(C)C(=O)O[C@@]1(C)C[C@H](N)[C@H]2CC=C(C)C(=O)[C@@H]2O1. The molecule has 1 saturated heterocycles. The highest BCUT2D eigenvalue weighted by Crippen LogP contribution is 2.38. The summed E-state index contributed by atoms with van der Waals surface area (Å²) >= 11 is 0. The fourth-order valence-corrected chi connectivity index (χ4v) is 2.74. The molecule has 110 valence electrons. The lowest BCUT2D eigenvalue weighted by Crippen LogP contribution is -2.58. The average molecular weight is 279 g/mol. The van der Waals surface area contributed by atoms with Crippen LogP contribution in [-0.2, 0) is 19.1 Å². The zero-order valence-corrected chi connectivity index (χ0v) is 12.1. The van der Waals surface area contributed by atoms with Gasteiger partial charge in [0.05, 0.1) is 0 Å². The van der Waals surface area contributed by atoms with Crippen LogP contribution in [0.3, 0.4) is 0 Å². The minimum absolute atomic E-state index is 0.0530. The summed E-state index contributed by atoms with van der Waals surface area (Å²) in [6.45, 7) is 8.51. The summed E-state index contributed by atoms with van der Waals surface area (Å²) in [5.74, 6) is -1.84. The topological polar surface area (TPSA) is 78.6 Å². The molecule has 1 aliphatic carbocycles. The number of hydrogen-bond donors (Lipinski definition) is 1. The van der Waals surface area contributed by atoms with Crippen molar-refractivity contribution in [3.05, 3.63) is 23.8 Å². The van der Waals surface area contributed by atoms with E-state index in [0.29, 0.717) is 18.4 Å². The van der Waals surface area contributed by atoms with E-state index < -0.39 is 17.9 Å². The van der Waals surface area contributed by atoms with Crippen molar-refractivity contribution in [3.63, 3.8) is 0 Å². The lowest BCUT2D eigenvalue weighted by Gasteiger charge is -2.46. The highest BCUT2D eigenvalue weighted by Gasteiger charge is 2.49. The minimum atomic E-state index is -1.18. The van der Waals surface area contributed by atoms with Crippen molar-refractivity contribution in [2.24, 2.45) is 11.7 Å². The molecule has 1 fully saturated rings. The van der Waals surface area contributed by atoms with E-state index in [0.717, 1.165) is 0 Å². The van der Waals surface area contributed by atoms with Gasteiger partial charge in [0.15, 0.2) is 5.78 Å². The highest BCUT2D eigenvalue weighted by atomic mass is 16.7. The summed E-state index contributed by atoms with van der Waals surface area (Å²) in [4.78, 5) is 23.9. The number of ketones is 1. The Hall–Kier alpha value is -1.46. The van der Waals surface area contributed by atoms with E-state index in [9.17, 15) is 9.59 Å². The maximum absolute atomic E-state index is 12.2. The molecule has 1 aliphatic heterocycles. The number of rotatable bonds is 2. The second-order valence-electron chi connectivity index (χ2n) is 5.86. The quantitative estimate of drug-likeness (QED) is 0.611. The fraction of sp³-hybridized carbons (Fsp3) is 0.600. The Kier molecular flexibility index (Phi) is 3.84. The third-order valence-electron chi connectivity index (χ3n) is 3.92. The maximum Gasteiger partial charge on any atom is 0.335 e. The Bertz CT molecular complexity index is 496. The second-order valence-corrected chi connectivity index (χ2v) is 5.86. The molecule has 0 unspecified atom stereocenters. The number of fused-ring (bicyclic) bond motifs is 1. The van der Waals surface area contributed by atoms with Crippen molar-refractivity contribution in [2.75, 3.05) is 0 Å². The van der Waals surface area contributed by atoms with Gasteiger partial charge in [0.2, 0.25) is 5.79 Å². The first kappa shape index (κ1) is 14.9. The number of carbonyl (C=O) groups is 2. The van der Waals surface area contributed by atoms with E-state index >= 15 is 0 Å². The molecule has 0 aromatic rings. The molecule has 0 aromatic carbocycles. The largest absolute Gasteiger partial charge is 0.430 e. The van der Waals surface area contributed by atoms with E-state index in [2.05, 4.69) is 6.58 Å². The second kappa shape index (κ2) is 5.14. The number of Topliss-reactive ketones (excluding diaryl/α,β-unsaturated/α-hetero) is 1. The minimum Gasteiger partial charge on any atom is -0.430 e.